The van der Waals surface area contributed by atoms with E-state index in [0.29, 0.717) is 16.3 Å². The van der Waals surface area contributed by atoms with Crippen molar-refractivity contribution in [3.63, 3.8) is 0 Å². The average molecular weight is 339 g/mol. The number of phenols is 1. The third-order valence-corrected chi connectivity index (χ3v) is 3.31. The molecule has 0 aliphatic carbocycles. The Labute approximate surface area is 137 Å². The first-order chi connectivity index (χ1) is 10.5. The molecule has 0 radical (unpaired) electrons. The fraction of sp³-hybridized carbons (Fsp3) is 0.0667. The van der Waals surface area contributed by atoms with E-state index in [1.807, 2.05) is 0 Å². The molecule has 2 rings (SSSR count). The Morgan fingerprint density at radius 1 is 1.27 bits per heavy atom. The molecule has 0 bridgehead atoms. The van der Waals surface area contributed by atoms with E-state index in [9.17, 15) is 9.90 Å². The number of nitrogens with one attached hydrogen (secondary N) is 1. The highest BCUT2D eigenvalue weighted by Gasteiger charge is 2.09. The van der Waals surface area contributed by atoms with E-state index in [2.05, 4.69) is 10.5 Å². The van der Waals surface area contributed by atoms with Crippen molar-refractivity contribution in [3.05, 3.63) is 57.6 Å². The molecule has 0 heterocycles. The predicted molar refractivity (Wildman–Crippen MR) is 86.2 cm³/mol. The van der Waals surface area contributed by atoms with Gasteiger partial charge in [-0.25, -0.2) is 5.43 Å². The molecular formula is C15H12Cl2N2O3. The van der Waals surface area contributed by atoms with Crippen LogP contribution in [0.15, 0.2) is 41.5 Å². The van der Waals surface area contributed by atoms with Gasteiger partial charge in [0.2, 0.25) is 0 Å². The Kier molecular flexibility index (Phi) is 5.25. The smallest absolute Gasteiger partial charge is 0.272 e. The first kappa shape index (κ1) is 16.1. The molecule has 0 unspecified atom stereocenters. The SMILES string of the molecule is COc1cc(/C=N/NC(=O)c2ccc(Cl)cc2Cl)ccc1O. The zero-order valence-electron chi connectivity index (χ0n) is 11.5. The van der Waals surface area contributed by atoms with Crippen LogP contribution < -0.4 is 10.2 Å². The van der Waals surface area contributed by atoms with Gasteiger partial charge in [-0.2, -0.15) is 5.10 Å². The van der Waals surface area contributed by atoms with Crippen molar-refractivity contribution in [2.24, 2.45) is 5.10 Å². The number of phenolic OH excluding ortho intramolecular Hbond substituents is 1. The molecule has 0 fully saturated rings. The molecule has 7 heteroatoms. The van der Waals surface area contributed by atoms with Gasteiger partial charge in [0.05, 0.1) is 23.9 Å². The van der Waals surface area contributed by atoms with E-state index in [1.54, 1.807) is 18.2 Å². The lowest BCUT2D eigenvalue weighted by Crippen LogP contribution is -2.18. The quantitative estimate of drug-likeness (QED) is 0.662. The molecule has 0 aliphatic heterocycles. The van der Waals surface area contributed by atoms with Gasteiger partial charge in [-0.1, -0.05) is 23.2 Å². The topological polar surface area (TPSA) is 70.9 Å². The molecule has 5 nitrogen and oxygen atoms in total. The van der Waals surface area contributed by atoms with Crippen LogP contribution in [-0.2, 0) is 0 Å². The Balaban J connectivity index is 2.07. The van der Waals surface area contributed by atoms with Crippen LogP contribution in [0, 0.1) is 0 Å². The minimum absolute atomic E-state index is 0.0247. The number of benzene rings is 2. The monoisotopic (exact) mass is 338 g/mol. The summed E-state index contributed by atoms with van der Waals surface area (Å²) in [5.74, 6) is -0.115. The zero-order chi connectivity index (χ0) is 16.1. The fourth-order valence-electron chi connectivity index (χ4n) is 1.67. The Morgan fingerprint density at radius 3 is 2.73 bits per heavy atom. The minimum atomic E-state index is -0.455. The summed E-state index contributed by atoms with van der Waals surface area (Å²) in [6.07, 6.45) is 1.42. The second-order valence-corrected chi connectivity index (χ2v) is 5.10. The Hall–Kier alpha value is -2.24. The number of hydrogen-bond acceptors (Lipinski definition) is 4. The highest BCUT2D eigenvalue weighted by atomic mass is 35.5. The normalized spacial score (nSPS) is 10.7. The maximum Gasteiger partial charge on any atom is 0.272 e. The van der Waals surface area contributed by atoms with Crippen molar-refractivity contribution < 1.29 is 14.6 Å². The summed E-state index contributed by atoms with van der Waals surface area (Å²) in [6.45, 7) is 0. The Morgan fingerprint density at radius 2 is 2.05 bits per heavy atom. The molecule has 114 valence electrons. The number of halogens is 2. The number of methoxy groups -OCH3 is 1. The summed E-state index contributed by atoms with van der Waals surface area (Å²) in [5, 5.41) is 14.0. The predicted octanol–water partition coefficient (Wildman–Crippen LogP) is 3.47. The second kappa shape index (κ2) is 7.15. The number of rotatable bonds is 4. The van der Waals surface area contributed by atoms with Gasteiger partial charge in [0.15, 0.2) is 11.5 Å². The van der Waals surface area contributed by atoms with E-state index >= 15 is 0 Å². The lowest BCUT2D eigenvalue weighted by molar-refractivity contribution is 0.0955. The van der Waals surface area contributed by atoms with Crippen molar-refractivity contribution >= 4 is 35.3 Å². The first-order valence-electron chi connectivity index (χ1n) is 6.16. The van der Waals surface area contributed by atoms with Crippen LogP contribution in [0.3, 0.4) is 0 Å². The van der Waals surface area contributed by atoms with E-state index in [0.717, 1.165) is 0 Å². The van der Waals surface area contributed by atoms with Gasteiger partial charge in [-0.15, -0.1) is 0 Å². The summed E-state index contributed by atoms with van der Waals surface area (Å²) in [4.78, 5) is 11.9. The largest absolute Gasteiger partial charge is 0.504 e. The number of amides is 1. The summed E-state index contributed by atoms with van der Waals surface area (Å²) < 4.78 is 4.98. The summed E-state index contributed by atoms with van der Waals surface area (Å²) >= 11 is 11.7. The van der Waals surface area contributed by atoms with Crippen molar-refractivity contribution in [2.45, 2.75) is 0 Å². The van der Waals surface area contributed by atoms with Gasteiger partial charge in [0, 0.05) is 5.02 Å². The number of nitrogens with zero attached hydrogens (tertiary/aromatic N) is 1. The van der Waals surface area contributed by atoms with Gasteiger partial charge in [0.1, 0.15) is 0 Å². The van der Waals surface area contributed by atoms with Crippen LogP contribution in [0.1, 0.15) is 15.9 Å². The van der Waals surface area contributed by atoms with Crippen LogP contribution in [-0.4, -0.2) is 24.3 Å². The lowest BCUT2D eigenvalue weighted by Gasteiger charge is -2.04. The fourth-order valence-corrected chi connectivity index (χ4v) is 2.17. The lowest BCUT2D eigenvalue weighted by atomic mass is 10.2. The molecular weight excluding hydrogens is 327 g/mol. The molecule has 0 spiro atoms. The molecule has 0 aromatic heterocycles. The third-order valence-electron chi connectivity index (χ3n) is 2.76. The zero-order valence-corrected chi connectivity index (χ0v) is 13.0. The molecule has 0 aliphatic rings. The molecule has 0 saturated heterocycles. The number of ether oxygens (including phenoxy) is 1. The summed E-state index contributed by atoms with van der Waals surface area (Å²) in [6, 6.07) is 9.24. The van der Waals surface area contributed by atoms with Gasteiger partial charge in [-0.05, 0) is 42.0 Å². The number of carbonyl (C=O) groups excluding carboxylic acids is 1. The van der Waals surface area contributed by atoms with Gasteiger partial charge >= 0.3 is 0 Å². The van der Waals surface area contributed by atoms with E-state index < -0.39 is 5.91 Å². The van der Waals surface area contributed by atoms with Crippen molar-refractivity contribution in [1.82, 2.24) is 5.43 Å². The summed E-state index contributed by atoms with van der Waals surface area (Å²) in [5.41, 5.74) is 3.28. The van der Waals surface area contributed by atoms with Crippen LogP contribution in [0.4, 0.5) is 0 Å². The molecule has 2 aromatic carbocycles. The van der Waals surface area contributed by atoms with Crippen molar-refractivity contribution in [1.29, 1.82) is 0 Å². The number of aromatic hydroxyl groups is 1. The van der Waals surface area contributed by atoms with E-state index in [1.165, 1.54) is 31.5 Å². The van der Waals surface area contributed by atoms with Crippen LogP contribution in [0.5, 0.6) is 11.5 Å². The highest BCUT2D eigenvalue weighted by Crippen LogP contribution is 2.25. The highest BCUT2D eigenvalue weighted by molar-refractivity contribution is 6.36. The van der Waals surface area contributed by atoms with Gasteiger partial charge < -0.3 is 9.84 Å². The first-order valence-corrected chi connectivity index (χ1v) is 6.92. The molecule has 22 heavy (non-hydrogen) atoms. The average Bonchev–Trinajstić information content (AvgIpc) is 2.48. The second-order valence-electron chi connectivity index (χ2n) is 4.25. The van der Waals surface area contributed by atoms with Crippen LogP contribution in [0.25, 0.3) is 0 Å². The molecule has 2 aromatic rings. The van der Waals surface area contributed by atoms with E-state index in [4.69, 9.17) is 27.9 Å². The van der Waals surface area contributed by atoms with Gasteiger partial charge in [-0.3, -0.25) is 4.79 Å². The molecule has 1 amide bonds. The van der Waals surface area contributed by atoms with Crippen molar-refractivity contribution in [2.75, 3.05) is 7.11 Å². The van der Waals surface area contributed by atoms with Crippen molar-refractivity contribution in [3.8, 4) is 11.5 Å². The third kappa shape index (κ3) is 3.90. The van der Waals surface area contributed by atoms with Crippen LogP contribution in [0.2, 0.25) is 10.0 Å². The molecule has 2 N–H and O–H groups in total. The molecule has 0 saturated carbocycles. The minimum Gasteiger partial charge on any atom is -0.504 e. The van der Waals surface area contributed by atoms with Crippen LogP contribution >= 0.6 is 23.2 Å². The maximum atomic E-state index is 11.9. The molecule has 0 atom stereocenters. The Bertz CT molecular complexity index is 733. The van der Waals surface area contributed by atoms with E-state index in [-0.39, 0.29) is 16.3 Å². The number of hydrazone groups is 1. The number of carbonyl (C=O) groups is 1. The standard InChI is InChI=1S/C15H12Cl2N2O3/c1-22-14-6-9(2-5-13(14)20)8-18-19-15(21)11-4-3-10(16)7-12(11)17/h2-8,20H,1H3,(H,19,21)/b18-8+. The maximum absolute atomic E-state index is 11.9. The van der Waals surface area contributed by atoms with Gasteiger partial charge in [0.25, 0.3) is 5.91 Å². The summed E-state index contributed by atoms with van der Waals surface area (Å²) in [7, 11) is 1.44. The number of hydrogen-bond donors (Lipinski definition) is 2.